The van der Waals surface area contributed by atoms with Crippen molar-refractivity contribution in [1.82, 2.24) is 10.3 Å². The molecule has 1 saturated carbocycles. The maximum atomic E-state index is 12.4. The molecule has 1 aliphatic carbocycles. The van der Waals surface area contributed by atoms with Crippen molar-refractivity contribution in [2.45, 2.75) is 25.3 Å². The van der Waals surface area contributed by atoms with E-state index in [1.165, 1.54) is 0 Å². The summed E-state index contributed by atoms with van der Waals surface area (Å²) in [5.74, 6) is 0.0848. The van der Waals surface area contributed by atoms with Gasteiger partial charge in [-0.15, -0.1) is 0 Å². The average Bonchev–Trinajstić information content (AvgIpc) is 2.93. The third-order valence-corrected chi connectivity index (χ3v) is 4.09. The highest BCUT2D eigenvalue weighted by Gasteiger charge is 2.28. The van der Waals surface area contributed by atoms with Crippen LogP contribution in [0.25, 0.3) is 10.9 Å². The lowest BCUT2D eigenvalue weighted by atomic mass is 10.0. The van der Waals surface area contributed by atoms with Crippen LogP contribution in [0.4, 0.5) is 0 Å². The Balaban J connectivity index is 1.86. The molecule has 0 radical (unpaired) electrons. The predicted octanol–water partition coefficient (Wildman–Crippen LogP) is 2.13. The van der Waals surface area contributed by atoms with Gasteiger partial charge in [-0.1, -0.05) is 24.6 Å². The Morgan fingerprint density at radius 3 is 3.00 bits per heavy atom. The summed E-state index contributed by atoms with van der Waals surface area (Å²) in [6.45, 7) is 0.138. The SMILES string of the molecule is O=C(NC1CCCC1CO)c1cccc2cccnc12. The summed E-state index contributed by atoms with van der Waals surface area (Å²) in [5.41, 5.74) is 1.33. The van der Waals surface area contributed by atoms with Gasteiger partial charge in [0.1, 0.15) is 0 Å². The van der Waals surface area contributed by atoms with Crippen LogP contribution >= 0.6 is 0 Å². The number of fused-ring (bicyclic) bond motifs is 1. The zero-order valence-electron chi connectivity index (χ0n) is 11.2. The molecule has 1 fully saturated rings. The Morgan fingerprint density at radius 2 is 2.15 bits per heavy atom. The standard InChI is InChI=1S/C16H18N2O2/c19-10-12-5-2-8-14(12)18-16(20)13-7-1-4-11-6-3-9-17-15(11)13/h1,3-4,6-7,9,12,14,19H,2,5,8,10H2,(H,18,20). The van der Waals surface area contributed by atoms with Crippen molar-refractivity contribution in [3.63, 3.8) is 0 Å². The molecule has 2 N–H and O–H groups in total. The molecule has 1 aromatic heterocycles. The number of rotatable bonds is 3. The van der Waals surface area contributed by atoms with Gasteiger partial charge in [-0.25, -0.2) is 0 Å². The molecule has 1 heterocycles. The van der Waals surface area contributed by atoms with Gasteiger partial charge < -0.3 is 10.4 Å². The van der Waals surface area contributed by atoms with E-state index in [1.54, 1.807) is 12.3 Å². The van der Waals surface area contributed by atoms with Gasteiger partial charge in [-0.2, -0.15) is 0 Å². The van der Waals surface area contributed by atoms with E-state index in [0.717, 1.165) is 30.2 Å². The van der Waals surface area contributed by atoms with Gasteiger partial charge in [-0.05, 0) is 25.0 Å². The summed E-state index contributed by atoms with van der Waals surface area (Å²) in [6.07, 6.45) is 4.68. The molecule has 2 aromatic rings. The third kappa shape index (κ3) is 2.39. The van der Waals surface area contributed by atoms with Crippen molar-refractivity contribution >= 4 is 16.8 Å². The lowest BCUT2D eigenvalue weighted by Gasteiger charge is -2.19. The molecule has 1 aromatic carbocycles. The van der Waals surface area contributed by atoms with Gasteiger partial charge in [0, 0.05) is 30.1 Å². The third-order valence-electron chi connectivity index (χ3n) is 4.09. The number of amides is 1. The zero-order chi connectivity index (χ0) is 13.9. The van der Waals surface area contributed by atoms with Gasteiger partial charge in [0.2, 0.25) is 0 Å². The molecule has 104 valence electrons. The van der Waals surface area contributed by atoms with Crippen LogP contribution in [0.3, 0.4) is 0 Å². The largest absolute Gasteiger partial charge is 0.396 e. The predicted molar refractivity (Wildman–Crippen MR) is 77.4 cm³/mol. The fourth-order valence-electron chi connectivity index (χ4n) is 2.98. The molecule has 0 bridgehead atoms. The highest BCUT2D eigenvalue weighted by Crippen LogP contribution is 2.25. The van der Waals surface area contributed by atoms with Gasteiger partial charge in [0.05, 0.1) is 11.1 Å². The van der Waals surface area contributed by atoms with Crippen LogP contribution in [0.1, 0.15) is 29.6 Å². The molecule has 2 unspecified atom stereocenters. The van der Waals surface area contributed by atoms with Crippen LogP contribution < -0.4 is 5.32 Å². The number of nitrogens with zero attached hydrogens (tertiary/aromatic N) is 1. The molecule has 4 nitrogen and oxygen atoms in total. The number of aliphatic hydroxyl groups is 1. The van der Waals surface area contributed by atoms with Crippen LogP contribution in [-0.2, 0) is 0 Å². The van der Waals surface area contributed by atoms with E-state index in [-0.39, 0.29) is 24.5 Å². The van der Waals surface area contributed by atoms with E-state index in [0.29, 0.717) is 5.56 Å². The fourth-order valence-corrected chi connectivity index (χ4v) is 2.98. The number of aliphatic hydroxyl groups excluding tert-OH is 1. The Labute approximate surface area is 117 Å². The molecule has 20 heavy (non-hydrogen) atoms. The Morgan fingerprint density at radius 1 is 1.30 bits per heavy atom. The lowest BCUT2D eigenvalue weighted by Crippen LogP contribution is -2.38. The zero-order valence-corrected chi connectivity index (χ0v) is 11.2. The topological polar surface area (TPSA) is 62.2 Å². The highest BCUT2D eigenvalue weighted by atomic mass is 16.3. The van der Waals surface area contributed by atoms with Crippen LogP contribution in [0.15, 0.2) is 36.5 Å². The summed E-state index contributed by atoms with van der Waals surface area (Å²) in [4.78, 5) is 16.7. The van der Waals surface area contributed by atoms with Crippen LogP contribution in [0, 0.1) is 5.92 Å². The number of pyridine rings is 1. The van der Waals surface area contributed by atoms with Gasteiger partial charge in [-0.3, -0.25) is 9.78 Å². The number of benzene rings is 1. The number of carbonyl (C=O) groups is 1. The van der Waals surface area contributed by atoms with E-state index in [1.807, 2.05) is 24.3 Å². The number of aromatic nitrogens is 1. The average molecular weight is 270 g/mol. The molecule has 1 amide bonds. The summed E-state index contributed by atoms with van der Waals surface area (Å²) in [6, 6.07) is 9.51. The second kappa shape index (κ2) is 5.59. The summed E-state index contributed by atoms with van der Waals surface area (Å²) in [5, 5.41) is 13.3. The maximum absolute atomic E-state index is 12.4. The smallest absolute Gasteiger partial charge is 0.253 e. The highest BCUT2D eigenvalue weighted by molar-refractivity contribution is 6.05. The quantitative estimate of drug-likeness (QED) is 0.898. The first-order valence-corrected chi connectivity index (χ1v) is 7.05. The molecule has 0 spiro atoms. The van der Waals surface area contributed by atoms with Gasteiger partial charge in [0.15, 0.2) is 0 Å². The van der Waals surface area contributed by atoms with Crippen LogP contribution in [0.5, 0.6) is 0 Å². The molecule has 4 heteroatoms. The number of para-hydroxylation sites is 1. The first-order chi connectivity index (χ1) is 9.79. The second-order valence-corrected chi connectivity index (χ2v) is 5.33. The normalized spacial score (nSPS) is 22.1. The fraction of sp³-hybridized carbons (Fsp3) is 0.375. The summed E-state index contributed by atoms with van der Waals surface area (Å²) < 4.78 is 0. The number of nitrogens with one attached hydrogen (secondary N) is 1. The number of hydrogen-bond acceptors (Lipinski definition) is 3. The van der Waals surface area contributed by atoms with E-state index in [2.05, 4.69) is 10.3 Å². The van der Waals surface area contributed by atoms with Crippen molar-refractivity contribution in [1.29, 1.82) is 0 Å². The summed E-state index contributed by atoms with van der Waals surface area (Å²) in [7, 11) is 0. The Hall–Kier alpha value is -1.94. The minimum absolute atomic E-state index is 0.0754. The Bertz CT molecular complexity index is 621. The molecule has 2 atom stereocenters. The molecular formula is C16H18N2O2. The van der Waals surface area contributed by atoms with Crippen molar-refractivity contribution in [3.8, 4) is 0 Å². The minimum Gasteiger partial charge on any atom is -0.396 e. The van der Waals surface area contributed by atoms with Crippen molar-refractivity contribution in [2.24, 2.45) is 5.92 Å². The molecular weight excluding hydrogens is 252 g/mol. The van der Waals surface area contributed by atoms with Crippen LogP contribution in [0.2, 0.25) is 0 Å². The second-order valence-electron chi connectivity index (χ2n) is 5.33. The lowest BCUT2D eigenvalue weighted by molar-refractivity contribution is 0.0917. The minimum atomic E-state index is -0.0975. The maximum Gasteiger partial charge on any atom is 0.253 e. The van der Waals surface area contributed by atoms with E-state index in [9.17, 15) is 9.90 Å². The summed E-state index contributed by atoms with van der Waals surface area (Å²) >= 11 is 0. The van der Waals surface area contributed by atoms with Crippen molar-refractivity contribution < 1.29 is 9.90 Å². The molecule has 0 saturated heterocycles. The van der Waals surface area contributed by atoms with Crippen molar-refractivity contribution in [3.05, 3.63) is 42.1 Å². The van der Waals surface area contributed by atoms with Gasteiger partial charge in [0.25, 0.3) is 5.91 Å². The van der Waals surface area contributed by atoms with E-state index in [4.69, 9.17) is 0 Å². The number of hydrogen-bond donors (Lipinski definition) is 2. The molecule has 1 aliphatic rings. The molecule has 0 aliphatic heterocycles. The van der Waals surface area contributed by atoms with Crippen molar-refractivity contribution in [2.75, 3.05) is 6.61 Å². The first-order valence-electron chi connectivity index (χ1n) is 7.05. The first kappa shape index (κ1) is 13.1. The Kier molecular flexibility index (Phi) is 3.65. The molecule has 3 rings (SSSR count). The monoisotopic (exact) mass is 270 g/mol. The van der Waals surface area contributed by atoms with Gasteiger partial charge >= 0.3 is 0 Å². The van der Waals surface area contributed by atoms with E-state index < -0.39 is 0 Å². The van der Waals surface area contributed by atoms with Crippen LogP contribution in [-0.4, -0.2) is 28.6 Å². The van der Waals surface area contributed by atoms with E-state index >= 15 is 0 Å². The number of carbonyl (C=O) groups excluding carboxylic acids is 1.